The lowest BCUT2D eigenvalue weighted by molar-refractivity contribution is 0.251. The third-order valence-corrected chi connectivity index (χ3v) is 5.76. The van der Waals surface area contributed by atoms with Crippen LogP contribution in [0.15, 0.2) is 29.2 Å². The summed E-state index contributed by atoms with van der Waals surface area (Å²) in [5, 5.41) is 4.34. The molecule has 0 aromatic heterocycles. The molecule has 1 saturated carbocycles. The van der Waals surface area contributed by atoms with Gasteiger partial charge in [-0.15, -0.1) is 11.8 Å². The summed E-state index contributed by atoms with van der Waals surface area (Å²) < 4.78 is 5.33. The standard InChI is InChI=1S/C17H27NOS/c1-5-18-16-10-12(2)9-13(3)17(16)20-15-8-6-7-14(11-15)19-4/h6-8,11-13,16-18H,5,9-10H2,1-4H3. The Morgan fingerprint density at radius 2 is 2.10 bits per heavy atom. The van der Waals surface area contributed by atoms with Crippen LogP contribution in [0.4, 0.5) is 0 Å². The van der Waals surface area contributed by atoms with Gasteiger partial charge in [0, 0.05) is 16.2 Å². The summed E-state index contributed by atoms with van der Waals surface area (Å²) in [6, 6.07) is 9.06. The minimum absolute atomic E-state index is 0.620. The number of benzene rings is 1. The minimum atomic E-state index is 0.620. The van der Waals surface area contributed by atoms with Gasteiger partial charge in [-0.05, 0) is 49.4 Å². The van der Waals surface area contributed by atoms with Crippen molar-refractivity contribution in [2.24, 2.45) is 11.8 Å². The second-order valence-electron chi connectivity index (χ2n) is 5.98. The average molecular weight is 293 g/mol. The molecule has 0 heterocycles. The first-order valence-electron chi connectivity index (χ1n) is 7.68. The average Bonchev–Trinajstić information content (AvgIpc) is 2.43. The molecule has 0 spiro atoms. The van der Waals surface area contributed by atoms with Crippen LogP contribution in [0.2, 0.25) is 0 Å². The largest absolute Gasteiger partial charge is 0.497 e. The molecule has 1 aliphatic rings. The van der Waals surface area contributed by atoms with Crippen molar-refractivity contribution in [3.63, 3.8) is 0 Å². The third kappa shape index (κ3) is 3.92. The molecule has 1 aliphatic carbocycles. The molecule has 0 radical (unpaired) electrons. The van der Waals surface area contributed by atoms with Crippen molar-refractivity contribution in [3.05, 3.63) is 24.3 Å². The number of hydrogen-bond donors (Lipinski definition) is 1. The summed E-state index contributed by atoms with van der Waals surface area (Å²) in [4.78, 5) is 1.32. The van der Waals surface area contributed by atoms with E-state index in [1.165, 1.54) is 17.7 Å². The maximum atomic E-state index is 5.33. The lowest BCUT2D eigenvalue weighted by atomic mass is 9.80. The van der Waals surface area contributed by atoms with E-state index < -0.39 is 0 Å². The maximum Gasteiger partial charge on any atom is 0.119 e. The van der Waals surface area contributed by atoms with Crippen molar-refractivity contribution in [2.75, 3.05) is 13.7 Å². The van der Waals surface area contributed by atoms with Crippen LogP contribution >= 0.6 is 11.8 Å². The van der Waals surface area contributed by atoms with Crippen molar-refractivity contribution in [1.82, 2.24) is 5.32 Å². The molecule has 2 rings (SSSR count). The Balaban J connectivity index is 2.11. The highest BCUT2D eigenvalue weighted by atomic mass is 32.2. The molecule has 0 saturated heterocycles. The Kier molecular flexibility index (Phi) is 5.79. The molecular formula is C17H27NOS. The van der Waals surface area contributed by atoms with E-state index in [-0.39, 0.29) is 0 Å². The van der Waals surface area contributed by atoms with Gasteiger partial charge in [-0.1, -0.05) is 26.8 Å². The Morgan fingerprint density at radius 1 is 1.30 bits per heavy atom. The zero-order valence-electron chi connectivity index (χ0n) is 13.1. The SMILES string of the molecule is CCNC1CC(C)CC(C)C1Sc1cccc(OC)c1. The van der Waals surface area contributed by atoms with Crippen LogP contribution in [-0.2, 0) is 0 Å². The van der Waals surface area contributed by atoms with Gasteiger partial charge in [-0.2, -0.15) is 0 Å². The molecule has 0 bridgehead atoms. The lowest BCUT2D eigenvalue weighted by Crippen LogP contribution is -2.46. The monoisotopic (exact) mass is 293 g/mol. The topological polar surface area (TPSA) is 21.3 Å². The number of methoxy groups -OCH3 is 1. The van der Waals surface area contributed by atoms with E-state index in [1.807, 2.05) is 17.8 Å². The van der Waals surface area contributed by atoms with Gasteiger partial charge in [0.1, 0.15) is 5.75 Å². The molecule has 1 N–H and O–H groups in total. The number of nitrogens with one attached hydrogen (secondary N) is 1. The minimum Gasteiger partial charge on any atom is -0.497 e. The van der Waals surface area contributed by atoms with E-state index in [2.05, 4.69) is 44.3 Å². The quantitative estimate of drug-likeness (QED) is 0.879. The summed E-state index contributed by atoms with van der Waals surface area (Å²) in [5.74, 6) is 2.53. The van der Waals surface area contributed by atoms with Crippen LogP contribution in [0, 0.1) is 11.8 Å². The van der Waals surface area contributed by atoms with Gasteiger partial charge in [-0.25, -0.2) is 0 Å². The number of thioether (sulfide) groups is 1. The zero-order valence-corrected chi connectivity index (χ0v) is 13.9. The molecular weight excluding hydrogens is 266 g/mol. The fourth-order valence-electron chi connectivity index (χ4n) is 3.32. The Labute approximate surface area is 127 Å². The van der Waals surface area contributed by atoms with E-state index in [9.17, 15) is 0 Å². The van der Waals surface area contributed by atoms with Gasteiger partial charge in [0.25, 0.3) is 0 Å². The van der Waals surface area contributed by atoms with Gasteiger partial charge in [0.15, 0.2) is 0 Å². The Morgan fingerprint density at radius 3 is 2.80 bits per heavy atom. The highest BCUT2D eigenvalue weighted by Crippen LogP contribution is 2.40. The van der Waals surface area contributed by atoms with Gasteiger partial charge in [0.2, 0.25) is 0 Å². The third-order valence-electron chi connectivity index (χ3n) is 4.17. The van der Waals surface area contributed by atoms with Crippen molar-refractivity contribution < 1.29 is 4.74 Å². The summed E-state index contributed by atoms with van der Waals surface area (Å²) in [7, 11) is 1.73. The molecule has 2 nitrogen and oxygen atoms in total. The highest BCUT2D eigenvalue weighted by molar-refractivity contribution is 8.00. The smallest absolute Gasteiger partial charge is 0.119 e. The first-order valence-corrected chi connectivity index (χ1v) is 8.56. The second-order valence-corrected chi connectivity index (χ2v) is 7.23. The summed E-state index contributed by atoms with van der Waals surface area (Å²) in [6.45, 7) is 8.04. The van der Waals surface area contributed by atoms with Gasteiger partial charge >= 0.3 is 0 Å². The van der Waals surface area contributed by atoms with E-state index in [4.69, 9.17) is 4.74 Å². The van der Waals surface area contributed by atoms with Crippen molar-refractivity contribution in [2.45, 2.75) is 49.8 Å². The maximum absolute atomic E-state index is 5.33. The van der Waals surface area contributed by atoms with Crippen molar-refractivity contribution >= 4 is 11.8 Å². The fourth-order valence-corrected chi connectivity index (χ4v) is 4.69. The highest BCUT2D eigenvalue weighted by Gasteiger charge is 2.34. The number of rotatable bonds is 5. The van der Waals surface area contributed by atoms with Crippen LogP contribution in [0.5, 0.6) is 5.75 Å². The molecule has 0 aliphatic heterocycles. The number of hydrogen-bond acceptors (Lipinski definition) is 3. The fraction of sp³-hybridized carbons (Fsp3) is 0.647. The van der Waals surface area contributed by atoms with Crippen LogP contribution in [0.25, 0.3) is 0 Å². The molecule has 4 atom stereocenters. The first-order chi connectivity index (χ1) is 9.63. The van der Waals surface area contributed by atoms with Crippen molar-refractivity contribution in [1.29, 1.82) is 0 Å². The van der Waals surface area contributed by atoms with Crippen LogP contribution in [-0.4, -0.2) is 24.9 Å². The van der Waals surface area contributed by atoms with Crippen LogP contribution in [0.3, 0.4) is 0 Å². The van der Waals surface area contributed by atoms with Gasteiger partial charge < -0.3 is 10.1 Å². The molecule has 1 aromatic rings. The van der Waals surface area contributed by atoms with E-state index in [0.717, 1.165) is 24.1 Å². The number of ether oxygens (including phenoxy) is 1. The molecule has 1 aromatic carbocycles. The Bertz CT molecular complexity index is 423. The van der Waals surface area contributed by atoms with E-state index in [1.54, 1.807) is 7.11 Å². The lowest BCUT2D eigenvalue weighted by Gasteiger charge is -2.39. The first kappa shape index (κ1) is 15.7. The Hall–Kier alpha value is -0.670. The van der Waals surface area contributed by atoms with Crippen LogP contribution < -0.4 is 10.1 Å². The van der Waals surface area contributed by atoms with E-state index in [0.29, 0.717) is 11.3 Å². The molecule has 3 heteroatoms. The summed E-state index contributed by atoms with van der Waals surface area (Å²) in [5.41, 5.74) is 0. The molecule has 20 heavy (non-hydrogen) atoms. The zero-order chi connectivity index (χ0) is 14.5. The van der Waals surface area contributed by atoms with Gasteiger partial charge in [-0.3, -0.25) is 0 Å². The summed E-state index contributed by atoms with van der Waals surface area (Å²) >= 11 is 2.01. The van der Waals surface area contributed by atoms with Gasteiger partial charge in [0.05, 0.1) is 7.11 Å². The summed E-state index contributed by atoms with van der Waals surface area (Å²) in [6.07, 6.45) is 2.63. The predicted molar refractivity (Wildman–Crippen MR) is 87.7 cm³/mol. The molecule has 4 unspecified atom stereocenters. The normalized spacial score (nSPS) is 30.2. The van der Waals surface area contributed by atoms with Crippen LogP contribution in [0.1, 0.15) is 33.6 Å². The van der Waals surface area contributed by atoms with E-state index >= 15 is 0 Å². The second kappa shape index (κ2) is 7.37. The molecule has 1 fully saturated rings. The predicted octanol–water partition coefficient (Wildman–Crippen LogP) is 4.20. The molecule has 112 valence electrons. The van der Waals surface area contributed by atoms with Crippen molar-refractivity contribution in [3.8, 4) is 5.75 Å². The molecule has 0 amide bonds.